The molecule has 3 heteroatoms. The maximum absolute atomic E-state index is 5.23. The largest absolute Gasteiger partial charge is 0.384 e. The number of nitrogens with zero attached hydrogens (tertiary/aromatic N) is 1. The molecule has 1 N–H and O–H groups in total. The van der Waals surface area contributed by atoms with Crippen molar-refractivity contribution in [1.82, 2.24) is 10.2 Å². The van der Waals surface area contributed by atoms with Crippen LogP contribution in [-0.4, -0.2) is 51.3 Å². The van der Waals surface area contributed by atoms with Gasteiger partial charge in [-0.3, -0.25) is 0 Å². The van der Waals surface area contributed by atoms with Crippen LogP contribution in [-0.2, 0) is 4.74 Å². The monoisotopic (exact) mass is 228 g/mol. The Labute approximate surface area is 101 Å². The third-order valence-corrected chi connectivity index (χ3v) is 3.28. The molecule has 0 aliphatic carbocycles. The molecule has 96 valence electrons. The molecule has 0 spiro atoms. The van der Waals surface area contributed by atoms with Gasteiger partial charge in [0.15, 0.2) is 0 Å². The molecule has 0 amide bonds. The highest BCUT2D eigenvalue weighted by Crippen LogP contribution is 2.22. The Bertz CT molecular complexity index is 194. The highest BCUT2D eigenvalue weighted by atomic mass is 16.5. The molecule has 1 aliphatic rings. The molecule has 3 nitrogen and oxygen atoms in total. The van der Waals surface area contributed by atoms with Crippen LogP contribution in [0, 0.1) is 11.3 Å². The van der Waals surface area contributed by atoms with Crippen molar-refractivity contribution in [2.24, 2.45) is 11.3 Å². The summed E-state index contributed by atoms with van der Waals surface area (Å²) in [6.45, 7) is 13.6. The second-order valence-electron chi connectivity index (χ2n) is 5.79. The maximum atomic E-state index is 5.23. The summed E-state index contributed by atoms with van der Waals surface area (Å²) in [6.07, 6.45) is 1.30. The number of methoxy groups -OCH3 is 1. The van der Waals surface area contributed by atoms with Crippen LogP contribution in [0.3, 0.4) is 0 Å². The van der Waals surface area contributed by atoms with Crippen LogP contribution >= 0.6 is 0 Å². The van der Waals surface area contributed by atoms with Gasteiger partial charge in [-0.05, 0) is 30.8 Å². The van der Waals surface area contributed by atoms with Gasteiger partial charge in [0.2, 0.25) is 0 Å². The molecule has 16 heavy (non-hydrogen) atoms. The van der Waals surface area contributed by atoms with Crippen molar-refractivity contribution >= 4 is 0 Å². The smallest absolute Gasteiger partial charge is 0.0503 e. The SMILES string of the molecule is CCNCC(C)(C)CN1CCC(COC)C1. The van der Waals surface area contributed by atoms with Gasteiger partial charge in [0, 0.05) is 26.7 Å². The zero-order chi connectivity index (χ0) is 12.0. The van der Waals surface area contributed by atoms with Crippen molar-refractivity contribution < 1.29 is 4.74 Å². The van der Waals surface area contributed by atoms with E-state index in [2.05, 4.69) is 31.0 Å². The van der Waals surface area contributed by atoms with E-state index >= 15 is 0 Å². The molecule has 1 rings (SSSR count). The first-order valence-electron chi connectivity index (χ1n) is 6.49. The van der Waals surface area contributed by atoms with Crippen LogP contribution in [0.1, 0.15) is 27.2 Å². The molecule has 0 saturated carbocycles. The topological polar surface area (TPSA) is 24.5 Å². The molecular weight excluding hydrogens is 200 g/mol. The van der Waals surface area contributed by atoms with Crippen LogP contribution in [0.5, 0.6) is 0 Å². The minimum Gasteiger partial charge on any atom is -0.384 e. The van der Waals surface area contributed by atoms with Gasteiger partial charge in [0.1, 0.15) is 0 Å². The Morgan fingerprint density at radius 1 is 1.44 bits per heavy atom. The summed E-state index contributed by atoms with van der Waals surface area (Å²) in [6, 6.07) is 0. The second-order valence-corrected chi connectivity index (χ2v) is 5.79. The van der Waals surface area contributed by atoms with Crippen LogP contribution in [0.25, 0.3) is 0 Å². The van der Waals surface area contributed by atoms with E-state index in [0.29, 0.717) is 5.41 Å². The van der Waals surface area contributed by atoms with Crippen molar-refractivity contribution in [1.29, 1.82) is 0 Å². The standard InChI is InChI=1S/C13H28N2O/c1-5-14-10-13(2,3)11-15-7-6-12(8-15)9-16-4/h12,14H,5-11H2,1-4H3. The Morgan fingerprint density at radius 3 is 2.81 bits per heavy atom. The Hall–Kier alpha value is -0.120. The fourth-order valence-corrected chi connectivity index (χ4v) is 2.55. The number of ether oxygens (including phenoxy) is 1. The molecule has 0 bridgehead atoms. The summed E-state index contributed by atoms with van der Waals surface area (Å²) in [4.78, 5) is 2.58. The zero-order valence-corrected chi connectivity index (χ0v) is 11.4. The van der Waals surface area contributed by atoms with Crippen molar-refractivity contribution in [2.75, 3.05) is 46.4 Å². The van der Waals surface area contributed by atoms with Gasteiger partial charge in [0.05, 0.1) is 6.61 Å². The maximum Gasteiger partial charge on any atom is 0.0503 e. The molecule has 0 aromatic carbocycles. The first-order valence-corrected chi connectivity index (χ1v) is 6.49. The molecular formula is C13H28N2O. The average Bonchev–Trinajstić information content (AvgIpc) is 2.62. The lowest BCUT2D eigenvalue weighted by atomic mass is 9.93. The van der Waals surface area contributed by atoms with E-state index in [-0.39, 0.29) is 0 Å². The van der Waals surface area contributed by atoms with E-state index in [0.717, 1.165) is 25.6 Å². The molecule has 1 aliphatic heterocycles. The quantitative estimate of drug-likeness (QED) is 0.716. The van der Waals surface area contributed by atoms with Crippen LogP contribution in [0.15, 0.2) is 0 Å². The van der Waals surface area contributed by atoms with Gasteiger partial charge in [-0.2, -0.15) is 0 Å². The van der Waals surface area contributed by atoms with Gasteiger partial charge in [-0.1, -0.05) is 20.8 Å². The van der Waals surface area contributed by atoms with E-state index in [1.165, 1.54) is 26.1 Å². The minimum absolute atomic E-state index is 0.373. The molecule has 1 fully saturated rings. The highest BCUT2D eigenvalue weighted by molar-refractivity contribution is 4.82. The molecule has 1 unspecified atom stereocenters. The second kappa shape index (κ2) is 6.58. The van der Waals surface area contributed by atoms with Gasteiger partial charge in [0.25, 0.3) is 0 Å². The summed E-state index contributed by atoms with van der Waals surface area (Å²) in [5.74, 6) is 0.750. The lowest BCUT2D eigenvalue weighted by Crippen LogP contribution is -2.39. The Kier molecular flexibility index (Phi) is 5.73. The fourth-order valence-electron chi connectivity index (χ4n) is 2.55. The summed E-state index contributed by atoms with van der Waals surface area (Å²) in [5.41, 5.74) is 0.373. The van der Waals surface area contributed by atoms with Gasteiger partial charge in [-0.25, -0.2) is 0 Å². The molecule has 1 saturated heterocycles. The Morgan fingerprint density at radius 2 is 2.19 bits per heavy atom. The number of hydrogen-bond acceptors (Lipinski definition) is 3. The van der Waals surface area contributed by atoms with Crippen LogP contribution < -0.4 is 5.32 Å². The first-order chi connectivity index (χ1) is 7.57. The van der Waals surface area contributed by atoms with Gasteiger partial charge in [-0.15, -0.1) is 0 Å². The number of likely N-dealkylation sites (tertiary alicyclic amines) is 1. The van der Waals surface area contributed by atoms with Crippen molar-refractivity contribution in [2.45, 2.75) is 27.2 Å². The average molecular weight is 228 g/mol. The van der Waals surface area contributed by atoms with E-state index in [4.69, 9.17) is 4.74 Å². The van der Waals surface area contributed by atoms with Crippen LogP contribution in [0.2, 0.25) is 0 Å². The van der Waals surface area contributed by atoms with Crippen molar-refractivity contribution in [3.8, 4) is 0 Å². The predicted octanol–water partition coefficient (Wildman–Crippen LogP) is 1.59. The van der Waals surface area contributed by atoms with Crippen LogP contribution in [0.4, 0.5) is 0 Å². The van der Waals surface area contributed by atoms with E-state index in [1.807, 2.05) is 0 Å². The third-order valence-electron chi connectivity index (χ3n) is 3.28. The predicted molar refractivity (Wildman–Crippen MR) is 68.7 cm³/mol. The van der Waals surface area contributed by atoms with Crippen molar-refractivity contribution in [3.63, 3.8) is 0 Å². The first kappa shape index (κ1) is 13.9. The molecule has 1 heterocycles. The highest BCUT2D eigenvalue weighted by Gasteiger charge is 2.27. The normalized spacial score (nSPS) is 22.9. The molecule has 0 aromatic heterocycles. The van der Waals surface area contributed by atoms with E-state index < -0.39 is 0 Å². The number of rotatable bonds is 7. The lowest BCUT2D eigenvalue weighted by molar-refractivity contribution is 0.145. The van der Waals surface area contributed by atoms with E-state index in [1.54, 1.807) is 7.11 Å². The minimum atomic E-state index is 0.373. The van der Waals surface area contributed by atoms with Crippen molar-refractivity contribution in [3.05, 3.63) is 0 Å². The molecule has 0 radical (unpaired) electrons. The van der Waals surface area contributed by atoms with Gasteiger partial charge < -0.3 is 15.0 Å². The summed E-state index contributed by atoms with van der Waals surface area (Å²) < 4.78 is 5.23. The zero-order valence-electron chi connectivity index (χ0n) is 11.4. The number of hydrogen-bond donors (Lipinski definition) is 1. The number of nitrogens with one attached hydrogen (secondary N) is 1. The lowest BCUT2D eigenvalue weighted by Gasteiger charge is -2.30. The molecule has 1 atom stereocenters. The summed E-state index contributed by atoms with van der Waals surface area (Å²) in [5, 5.41) is 3.45. The fraction of sp³-hybridized carbons (Fsp3) is 1.00. The summed E-state index contributed by atoms with van der Waals surface area (Å²) >= 11 is 0. The summed E-state index contributed by atoms with van der Waals surface area (Å²) in [7, 11) is 1.80. The third kappa shape index (κ3) is 4.81. The van der Waals surface area contributed by atoms with Gasteiger partial charge >= 0.3 is 0 Å². The van der Waals surface area contributed by atoms with E-state index in [9.17, 15) is 0 Å². The molecule has 0 aromatic rings. The Balaban J connectivity index is 2.26.